The second-order valence-corrected chi connectivity index (χ2v) is 5.79. The molecule has 3 nitrogen and oxygen atoms in total. The third-order valence-corrected chi connectivity index (χ3v) is 3.48. The van der Waals surface area contributed by atoms with Crippen LogP contribution >= 0.6 is 0 Å². The lowest BCUT2D eigenvalue weighted by molar-refractivity contribution is 0.217. The minimum atomic E-state index is 0.493. The molecule has 3 aromatic rings. The van der Waals surface area contributed by atoms with Gasteiger partial charge in [0.05, 0.1) is 5.69 Å². The number of aryl methyl sites for hydroxylation is 2. The van der Waals surface area contributed by atoms with Crippen LogP contribution < -0.4 is 15.0 Å². The van der Waals surface area contributed by atoms with Crippen LogP contribution in [0.5, 0.6) is 11.5 Å². The third kappa shape index (κ3) is 7.26. The second kappa shape index (κ2) is 10.8. The average molecular weight is 353 g/mol. The summed E-state index contributed by atoms with van der Waals surface area (Å²) in [7, 11) is 0. The zero-order chi connectivity index (χ0) is 18.6. The molecule has 0 heterocycles. The Morgan fingerprint density at radius 2 is 1.19 bits per heavy atom. The Morgan fingerprint density at radius 1 is 0.692 bits per heavy atom. The van der Waals surface area contributed by atoms with Crippen molar-refractivity contribution in [3.8, 4) is 11.5 Å². The van der Waals surface area contributed by atoms with Crippen molar-refractivity contribution in [3.05, 3.63) is 90.0 Å². The van der Waals surface area contributed by atoms with E-state index in [9.17, 15) is 4.48 Å². The number of benzene rings is 3. The van der Waals surface area contributed by atoms with Crippen LogP contribution in [0.25, 0.3) is 0 Å². The fraction of sp³-hybridized carbons (Fsp3) is 0.182. The fourth-order valence-corrected chi connectivity index (χ4v) is 2.23. The lowest BCUT2D eigenvalue weighted by Gasteiger charge is -2.09. The first kappa shape index (κ1) is 19.3. The molecule has 1 N–H and O–H groups in total. The summed E-state index contributed by atoms with van der Waals surface area (Å²) < 4.78 is 22.7. The minimum absolute atomic E-state index is 0.493. The number of rotatable bonds is 6. The molecule has 0 atom stereocenters. The normalized spacial score (nSPS) is 9.65. The Labute approximate surface area is 154 Å². The van der Waals surface area contributed by atoms with Gasteiger partial charge in [0.2, 0.25) is 0 Å². The van der Waals surface area contributed by atoms with Crippen molar-refractivity contribution in [2.45, 2.75) is 13.8 Å². The quantitative estimate of drug-likeness (QED) is 0.452. The molecule has 26 heavy (non-hydrogen) atoms. The Kier molecular flexibility index (Phi) is 8.00. The van der Waals surface area contributed by atoms with E-state index in [0.29, 0.717) is 18.9 Å². The van der Waals surface area contributed by atoms with Gasteiger partial charge < -0.3 is 9.47 Å². The summed E-state index contributed by atoms with van der Waals surface area (Å²) in [6.07, 6.45) is 0. The van der Waals surface area contributed by atoms with Crippen molar-refractivity contribution in [1.29, 1.82) is 0 Å². The largest absolute Gasteiger partial charge is 0.490 e. The van der Waals surface area contributed by atoms with Crippen LogP contribution in [0.2, 0.25) is 0 Å². The molecule has 0 aliphatic carbocycles. The highest BCUT2D eigenvalue weighted by Gasteiger charge is 1.96. The molecule has 0 fully saturated rings. The summed E-state index contributed by atoms with van der Waals surface area (Å²) in [6, 6.07) is 24.7. The SMILES string of the molecule is Cc1cccc(OCCOc2cccc(C)c2)c1.FNc1ccccc1. The Morgan fingerprint density at radius 3 is 1.58 bits per heavy atom. The smallest absolute Gasteiger partial charge is 0.122 e. The third-order valence-electron chi connectivity index (χ3n) is 3.48. The summed E-state index contributed by atoms with van der Waals surface area (Å²) in [5, 5.41) is 0. The number of para-hydroxylation sites is 1. The van der Waals surface area contributed by atoms with Gasteiger partial charge in [0.15, 0.2) is 0 Å². The predicted molar refractivity (Wildman–Crippen MR) is 105 cm³/mol. The molecule has 3 rings (SSSR count). The zero-order valence-electron chi connectivity index (χ0n) is 15.1. The molecular weight excluding hydrogens is 329 g/mol. The van der Waals surface area contributed by atoms with Crippen LogP contribution in [-0.2, 0) is 0 Å². The molecule has 0 radical (unpaired) electrons. The van der Waals surface area contributed by atoms with E-state index in [1.54, 1.807) is 24.3 Å². The van der Waals surface area contributed by atoms with Gasteiger partial charge in [-0.3, -0.25) is 0 Å². The maximum absolute atomic E-state index is 11.5. The van der Waals surface area contributed by atoms with Gasteiger partial charge in [0.25, 0.3) is 0 Å². The second-order valence-electron chi connectivity index (χ2n) is 5.79. The van der Waals surface area contributed by atoms with Crippen LogP contribution in [-0.4, -0.2) is 13.2 Å². The van der Waals surface area contributed by atoms with E-state index in [1.807, 2.05) is 42.5 Å². The molecule has 0 bridgehead atoms. The van der Waals surface area contributed by atoms with E-state index >= 15 is 0 Å². The number of nitrogens with one attached hydrogen (secondary N) is 1. The van der Waals surface area contributed by atoms with Gasteiger partial charge in [-0.05, 0) is 61.4 Å². The molecule has 0 saturated heterocycles. The molecule has 0 aliphatic rings. The number of anilines is 1. The number of halogens is 1. The van der Waals surface area contributed by atoms with E-state index < -0.39 is 0 Å². The van der Waals surface area contributed by atoms with E-state index in [4.69, 9.17) is 9.47 Å². The maximum Gasteiger partial charge on any atom is 0.122 e. The first-order valence-corrected chi connectivity index (χ1v) is 8.48. The Hall–Kier alpha value is -3.01. The standard InChI is InChI=1S/C16H18O2.C6H6FN/c1-13-5-3-7-15(11-13)17-9-10-18-16-8-4-6-14(2)12-16;7-8-6-4-2-1-3-5-6/h3-8,11-12H,9-10H2,1-2H3;1-5,8H. The first-order valence-electron chi connectivity index (χ1n) is 8.48. The van der Waals surface area contributed by atoms with E-state index in [2.05, 4.69) is 26.0 Å². The molecule has 0 aliphatic heterocycles. The Balaban J connectivity index is 0.000000254. The van der Waals surface area contributed by atoms with Crippen LogP contribution in [0.15, 0.2) is 78.9 Å². The zero-order valence-corrected chi connectivity index (χ0v) is 15.1. The highest BCUT2D eigenvalue weighted by Crippen LogP contribution is 2.14. The summed E-state index contributed by atoms with van der Waals surface area (Å²) in [4.78, 5) is 0. The monoisotopic (exact) mass is 353 g/mol. The van der Waals surface area contributed by atoms with E-state index in [1.165, 1.54) is 16.7 Å². The van der Waals surface area contributed by atoms with Gasteiger partial charge in [-0.1, -0.05) is 42.5 Å². The predicted octanol–water partition coefficient (Wildman–Crippen LogP) is 5.74. The molecule has 0 unspecified atom stereocenters. The van der Waals surface area contributed by atoms with Gasteiger partial charge in [-0.15, -0.1) is 4.48 Å². The van der Waals surface area contributed by atoms with Crippen molar-refractivity contribution in [2.24, 2.45) is 0 Å². The van der Waals surface area contributed by atoms with Crippen LogP contribution in [0.3, 0.4) is 0 Å². The fourth-order valence-electron chi connectivity index (χ4n) is 2.23. The van der Waals surface area contributed by atoms with Crippen molar-refractivity contribution in [2.75, 3.05) is 18.8 Å². The number of hydrogen-bond donors (Lipinski definition) is 1. The summed E-state index contributed by atoms with van der Waals surface area (Å²) in [5.74, 6) is 1.78. The minimum Gasteiger partial charge on any atom is -0.490 e. The van der Waals surface area contributed by atoms with Gasteiger partial charge in [-0.2, -0.15) is 0 Å². The first-order chi connectivity index (χ1) is 12.7. The molecule has 3 aromatic carbocycles. The lowest BCUT2D eigenvalue weighted by Crippen LogP contribution is -2.09. The number of hydrogen-bond acceptors (Lipinski definition) is 3. The molecule has 4 heteroatoms. The lowest BCUT2D eigenvalue weighted by atomic mass is 10.2. The van der Waals surface area contributed by atoms with Crippen molar-refractivity contribution in [3.63, 3.8) is 0 Å². The van der Waals surface area contributed by atoms with Crippen molar-refractivity contribution >= 4 is 5.69 Å². The van der Waals surface area contributed by atoms with E-state index in [-0.39, 0.29) is 0 Å². The van der Waals surface area contributed by atoms with Crippen LogP contribution in [0, 0.1) is 13.8 Å². The highest BCUT2D eigenvalue weighted by molar-refractivity contribution is 5.39. The van der Waals surface area contributed by atoms with Gasteiger partial charge >= 0.3 is 0 Å². The van der Waals surface area contributed by atoms with Gasteiger partial charge in [0, 0.05) is 0 Å². The summed E-state index contributed by atoms with van der Waals surface area (Å²) in [6.45, 7) is 5.21. The molecular formula is C22H24FNO2. The Bertz CT molecular complexity index is 730. The van der Waals surface area contributed by atoms with E-state index in [0.717, 1.165) is 11.5 Å². The summed E-state index contributed by atoms with van der Waals surface area (Å²) >= 11 is 0. The average Bonchev–Trinajstić information content (AvgIpc) is 2.67. The van der Waals surface area contributed by atoms with Gasteiger partial charge in [-0.25, -0.2) is 5.54 Å². The maximum atomic E-state index is 11.5. The highest BCUT2D eigenvalue weighted by atomic mass is 19.2. The molecule has 0 aromatic heterocycles. The molecule has 0 spiro atoms. The van der Waals surface area contributed by atoms with Crippen LogP contribution in [0.1, 0.15) is 11.1 Å². The molecule has 136 valence electrons. The van der Waals surface area contributed by atoms with Crippen molar-refractivity contribution < 1.29 is 14.0 Å². The van der Waals surface area contributed by atoms with Crippen LogP contribution in [0.4, 0.5) is 10.2 Å². The van der Waals surface area contributed by atoms with Crippen molar-refractivity contribution in [1.82, 2.24) is 0 Å². The molecule has 0 saturated carbocycles. The number of ether oxygens (including phenoxy) is 2. The summed E-state index contributed by atoms with van der Waals surface area (Å²) in [5.41, 5.74) is 4.42. The molecule has 0 amide bonds. The van der Waals surface area contributed by atoms with Gasteiger partial charge in [0.1, 0.15) is 24.7 Å². The topological polar surface area (TPSA) is 30.5 Å².